The minimum atomic E-state index is -3.36. The van der Waals surface area contributed by atoms with Crippen molar-refractivity contribution in [1.82, 2.24) is 14.6 Å². The van der Waals surface area contributed by atoms with Crippen LogP contribution < -0.4 is 5.32 Å². The van der Waals surface area contributed by atoms with Gasteiger partial charge in [-0.3, -0.25) is 0 Å². The maximum absolute atomic E-state index is 12.5. The van der Waals surface area contributed by atoms with E-state index in [4.69, 9.17) is 4.74 Å². The normalized spacial score (nSPS) is 18.5. The molecule has 0 atom stereocenters. The summed E-state index contributed by atoms with van der Waals surface area (Å²) in [6.07, 6.45) is 3.30. The second kappa shape index (κ2) is 6.71. The van der Waals surface area contributed by atoms with Crippen molar-refractivity contribution in [2.45, 2.75) is 24.3 Å². The van der Waals surface area contributed by atoms with Gasteiger partial charge in [0.2, 0.25) is 10.0 Å². The monoisotopic (exact) mass is 301 g/mol. The third-order valence-electron chi connectivity index (χ3n) is 3.70. The molecule has 1 saturated heterocycles. The van der Waals surface area contributed by atoms with Gasteiger partial charge in [-0.1, -0.05) is 0 Å². The van der Waals surface area contributed by atoms with Gasteiger partial charge >= 0.3 is 0 Å². The molecule has 0 bridgehead atoms. The van der Waals surface area contributed by atoms with Crippen molar-refractivity contribution in [2.24, 2.45) is 5.92 Å². The number of nitrogens with zero attached hydrogens (tertiary/aromatic N) is 1. The summed E-state index contributed by atoms with van der Waals surface area (Å²) in [6, 6.07) is 1.70. The van der Waals surface area contributed by atoms with E-state index < -0.39 is 10.0 Å². The molecule has 1 aromatic rings. The fourth-order valence-electron chi connectivity index (χ4n) is 2.56. The highest BCUT2D eigenvalue weighted by Crippen LogP contribution is 2.24. The van der Waals surface area contributed by atoms with E-state index in [9.17, 15) is 8.42 Å². The Morgan fingerprint density at radius 1 is 1.45 bits per heavy atom. The standard InChI is InChI=1S/C13H23N3O3S/c1-14-8-12-7-13(9-15-12)20(17,18)16-5-3-11(4-6-16)10-19-2/h7,9,11,14-15H,3-6,8,10H2,1-2H3. The highest BCUT2D eigenvalue weighted by molar-refractivity contribution is 7.89. The Morgan fingerprint density at radius 3 is 2.75 bits per heavy atom. The van der Waals surface area contributed by atoms with E-state index in [1.807, 2.05) is 7.05 Å². The van der Waals surface area contributed by atoms with Crippen LogP contribution in [0.15, 0.2) is 17.2 Å². The first-order valence-electron chi connectivity index (χ1n) is 6.89. The Bertz CT molecular complexity index is 519. The van der Waals surface area contributed by atoms with E-state index in [1.54, 1.807) is 23.7 Å². The Morgan fingerprint density at radius 2 is 2.15 bits per heavy atom. The topological polar surface area (TPSA) is 74.4 Å². The quantitative estimate of drug-likeness (QED) is 0.814. The lowest BCUT2D eigenvalue weighted by Gasteiger charge is -2.30. The molecule has 0 amide bonds. The van der Waals surface area contributed by atoms with Crippen molar-refractivity contribution in [3.8, 4) is 0 Å². The van der Waals surface area contributed by atoms with Crippen molar-refractivity contribution in [1.29, 1.82) is 0 Å². The molecule has 0 radical (unpaired) electrons. The van der Waals surface area contributed by atoms with Gasteiger partial charge in [-0.05, 0) is 31.9 Å². The molecule has 1 aromatic heterocycles. The maximum Gasteiger partial charge on any atom is 0.244 e. The fourth-order valence-corrected chi connectivity index (χ4v) is 4.05. The summed E-state index contributed by atoms with van der Waals surface area (Å²) in [5.41, 5.74) is 0.875. The van der Waals surface area contributed by atoms with Gasteiger partial charge in [-0.2, -0.15) is 4.31 Å². The van der Waals surface area contributed by atoms with Crippen molar-refractivity contribution >= 4 is 10.0 Å². The average molecular weight is 301 g/mol. The van der Waals surface area contributed by atoms with Crippen molar-refractivity contribution in [3.63, 3.8) is 0 Å². The van der Waals surface area contributed by atoms with Crippen LogP contribution >= 0.6 is 0 Å². The SMILES string of the molecule is CNCc1cc(S(=O)(=O)N2CCC(COC)CC2)c[nH]1. The third-order valence-corrected chi connectivity index (χ3v) is 5.57. The lowest BCUT2D eigenvalue weighted by molar-refractivity contribution is 0.121. The van der Waals surface area contributed by atoms with E-state index in [-0.39, 0.29) is 0 Å². The summed E-state index contributed by atoms with van der Waals surface area (Å²) in [4.78, 5) is 3.35. The van der Waals surface area contributed by atoms with Crippen LogP contribution in [-0.4, -0.2) is 51.6 Å². The van der Waals surface area contributed by atoms with Gasteiger partial charge in [0.05, 0.1) is 4.90 Å². The number of hydrogen-bond donors (Lipinski definition) is 2. The summed E-state index contributed by atoms with van der Waals surface area (Å²) in [5.74, 6) is 0.470. The molecular weight excluding hydrogens is 278 g/mol. The number of hydrogen-bond acceptors (Lipinski definition) is 4. The highest BCUT2D eigenvalue weighted by atomic mass is 32.2. The molecule has 1 fully saturated rings. The number of aromatic amines is 1. The van der Waals surface area contributed by atoms with Crippen LogP contribution in [0.2, 0.25) is 0 Å². The zero-order chi connectivity index (χ0) is 14.6. The molecule has 0 aromatic carbocycles. The lowest BCUT2D eigenvalue weighted by atomic mass is 9.99. The van der Waals surface area contributed by atoms with Crippen molar-refractivity contribution < 1.29 is 13.2 Å². The zero-order valence-corrected chi connectivity index (χ0v) is 12.9. The second-order valence-electron chi connectivity index (χ2n) is 5.19. The second-order valence-corrected chi connectivity index (χ2v) is 7.13. The summed E-state index contributed by atoms with van der Waals surface area (Å²) >= 11 is 0. The molecule has 0 saturated carbocycles. The number of aromatic nitrogens is 1. The first-order valence-corrected chi connectivity index (χ1v) is 8.33. The largest absolute Gasteiger partial charge is 0.384 e. The number of nitrogens with one attached hydrogen (secondary N) is 2. The molecule has 7 heteroatoms. The van der Waals surface area contributed by atoms with Gasteiger partial charge in [-0.25, -0.2) is 8.42 Å². The van der Waals surface area contributed by atoms with Crippen LogP contribution in [-0.2, 0) is 21.3 Å². The molecule has 1 aliphatic rings. The Balaban J connectivity index is 2.03. The van der Waals surface area contributed by atoms with Crippen molar-refractivity contribution in [2.75, 3.05) is 33.9 Å². The van der Waals surface area contributed by atoms with Crippen LogP contribution in [0.5, 0.6) is 0 Å². The predicted molar refractivity (Wildman–Crippen MR) is 76.9 cm³/mol. The smallest absolute Gasteiger partial charge is 0.244 e. The fraction of sp³-hybridized carbons (Fsp3) is 0.692. The number of H-pyrrole nitrogens is 1. The van der Waals surface area contributed by atoms with Gasteiger partial charge in [0, 0.05) is 45.2 Å². The Kier molecular flexibility index (Phi) is 5.20. The Hall–Kier alpha value is -0.890. The van der Waals surface area contributed by atoms with E-state index >= 15 is 0 Å². The average Bonchev–Trinajstić information content (AvgIpc) is 2.90. The predicted octanol–water partition coefficient (Wildman–Crippen LogP) is 0.781. The van der Waals surface area contributed by atoms with Crippen molar-refractivity contribution in [3.05, 3.63) is 18.0 Å². The summed E-state index contributed by atoms with van der Waals surface area (Å²) in [7, 11) is 0.151. The molecule has 6 nitrogen and oxygen atoms in total. The highest BCUT2D eigenvalue weighted by Gasteiger charge is 2.29. The summed E-state index contributed by atoms with van der Waals surface area (Å²) in [6.45, 7) is 2.49. The van der Waals surface area contributed by atoms with Gasteiger partial charge in [0.15, 0.2) is 0 Å². The maximum atomic E-state index is 12.5. The van der Waals surface area contributed by atoms with Crippen LogP contribution in [0.3, 0.4) is 0 Å². The summed E-state index contributed by atoms with van der Waals surface area (Å²) < 4.78 is 31.8. The van der Waals surface area contributed by atoms with E-state index in [0.717, 1.165) is 18.5 Å². The molecule has 0 unspecified atom stereocenters. The zero-order valence-electron chi connectivity index (χ0n) is 12.1. The van der Waals surface area contributed by atoms with Crippen LogP contribution in [0, 0.1) is 5.92 Å². The van der Waals surface area contributed by atoms with Crippen LogP contribution in [0.25, 0.3) is 0 Å². The summed E-state index contributed by atoms with van der Waals surface area (Å²) in [5, 5.41) is 2.99. The van der Waals surface area contributed by atoms with Crippen LogP contribution in [0.1, 0.15) is 18.5 Å². The molecular formula is C13H23N3O3S. The minimum absolute atomic E-state index is 0.355. The minimum Gasteiger partial charge on any atom is -0.384 e. The van der Waals surface area contributed by atoms with Gasteiger partial charge < -0.3 is 15.0 Å². The molecule has 2 rings (SSSR count). The first kappa shape index (κ1) is 15.5. The van der Waals surface area contributed by atoms with Crippen LogP contribution in [0.4, 0.5) is 0 Å². The van der Waals surface area contributed by atoms with Gasteiger partial charge in [-0.15, -0.1) is 0 Å². The number of ether oxygens (including phenoxy) is 1. The molecule has 2 heterocycles. The number of sulfonamides is 1. The third kappa shape index (κ3) is 3.41. The van der Waals surface area contributed by atoms with Gasteiger partial charge in [0.1, 0.15) is 0 Å². The lowest BCUT2D eigenvalue weighted by Crippen LogP contribution is -2.39. The number of methoxy groups -OCH3 is 1. The molecule has 114 valence electrons. The van der Waals surface area contributed by atoms with E-state index in [1.165, 1.54) is 0 Å². The number of piperidine rings is 1. The molecule has 0 aliphatic carbocycles. The van der Waals surface area contributed by atoms with Gasteiger partial charge in [0.25, 0.3) is 0 Å². The van der Waals surface area contributed by atoms with E-state index in [0.29, 0.717) is 37.1 Å². The molecule has 1 aliphatic heterocycles. The first-order chi connectivity index (χ1) is 9.57. The Labute approximate surface area is 120 Å². The molecule has 0 spiro atoms. The number of rotatable bonds is 6. The molecule has 20 heavy (non-hydrogen) atoms. The molecule has 2 N–H and O–H groups in total. The van der Waals surface area contributed by atoms with E-state index in [2.05, 4.69) is 10.3 Å².